The minimum absolute atomic E-state index is 0. The maximum atomic E-state index is 5.68. The number of halogens is 1. The first-order valence-electron chi connectivity index (χ1n) is 8.49. The molecule has 2 N–H and O–H groups in total. The van der Waals surface area contributed by atoms with Crippen LogP contribution in [0.15, 0.2) is 60.1 Å². The van der Waals surface area contributed by atoms with Gasteiger partial charge in [-0.15, -0.1) is 24.0 Å². The highest BCUT2D eigenvalue weighted by molar-refractivity contribution is 14.0. The van der Waals surface area contributed by atoms with Gasteiger partial charge < -0.3 is 15.4 Å². The summed E-state index contributed by atoms with van der Waals surface area (Å²) < 4.78 is 5.68. The summed E-state index contributed by atoms with van der Waals surface area (Å²) in [6.45, 7) is 10.2. The maximum Gasteiger partial charge on any atom is 0.191 e. The average molecular weight is 466 g/mol. The molecule has 140 valence electrons. The molecule has 1 aromatic carbocycles. The Morgan fingerprint density at radius 1 is 1.19 bits per heavy atom. The molecule has 26 heavy (non-hydrogen) atoms. The Balaban J connectivity index is 0.00000338. The van der Waals surface area contributed by atoms with E-state index in [0.29, 0.717) is 19.7 Å². The molecule has 0 aliphatic rings. The Hall–Kier alpha value is -2.09. The van der Waals surface area contributed by atoms with E-state index in [4.69, 9.17) is 4.74 Å². The monoisotopic (exact) mass is 466 g/mol. The summed E-state index contributed by atoms with van der Waals surface area (Å²) in [5.74, 6) is 1.59. The number of benzene rings is 1. The van der Waals surface area contributed by atoms with Gasteiger partial charge in [-0.05, 0) is 32.0 Å². The molecule has 0 bridgehead atoms. The molecule has 0 unspecified atom stereocenters. The topological polar surface area (TPSA) is 58.5 Å². The van der Waals surface area contributed by atoms with Crippen LogP contribution < -0.4 is 15.4 Å². The predicted octanol–water partition coefficient (Wildman–Crippen LogP) is 3.83. The fourth-order valence-electron chi connectivity index (χ4n) is 2.30. The Labute approximate surface area is 173 Å². The van der Waals surface area contributed by atoms with Crippen molar-refractivity contribution in [2.45, 2.75) is 26.9 Å². The molecular formula is C20H27IN4O. The number of rotatable bonds is 8. The van der Waals surface area contributed by atoms with Crippen LogP contribution in [0, 0.1) is 6.92 Å². The van der Waals surface area contributed by atoms with E-state index >= 15 is 0 Å². The van der Waals surface area contributed by atoms with Gasteiger partial charge in [0, 0.05) is 17.8 Å². The minimum Gasteiger partial charge on any atom is -0.489 e. The SMILES string of the molecule is C=CCOc1ccccc1CN=C(NCC)NCc1cccc(C)n1.I. The zero-order valence-corrected chi connectivity index (χ0v) is 17.7. The third kappa shape index (κ3) is 7.43. The Bertz CT molecular complexity index is 718. The normalized spacial score (nSPS) is 10.6. The van der Waals surface area contributed by atoms with Crippen LogP contribution in [0.25, 0.3) is 0 Å². The van der Waals surface area contributed by atoms with Crippen molar-refractivity contribution >= 4 is 29.9 Å². The van der Waals surface area contributed by atoms with Crippen molar-refractivity contribution in [3.05, 3.63) is 72.1 Å². The van der Waals surface area contributed by atoms with Gasteiger partial charge >= 0.3 is 0 Å². The van der Waals surface area contributed by atoms with Crippen molar-refractivity contribution in [3.8, 4) is 5.75 Å². The summed E-state index contributed by atoms with van der Waals surface area (Å²) in [4.78, 5) is 9.15. The lowest BCUT2D eigenvalue weighted by Gasteiger charge is -2.12. The van der Waals surface area contributed by atoms with Crippen LogP contribution in [0.2, 0.25) is 0 Å². The molecule has 0 amide bonds. The number of hydrogen-bond acceptors (Lipinski definition) is 3. The molecule has 5 nitrogen and oxygen atoms in total. The number of nitrogens with one attached hydrogen (secondary N) is 2. The molecular weight excluding hydrogens is 439 g/mol. The van der Waals surface area contributed by atoms with E-state index in [1.165, 1.54) is 0 Å². The van der Waals surface area contributed by atoms with Gasteiger partial charge in [0.1, 0.15) is 12.4 Å². The first-order chi connectivity index (χ1) is 12.2. The summed E-state index contributed by atoms with van der Waals surface area (Å²) in [7, 11) is 0. The number of ether oxygens (including phenoxy) is 1. The van der Waals surface area contributed by atoms with E-state index in [1.54, 1.807) is 6.08 Å². The second-order valence-corrected chi connectivity index (χ2v) is 5.53. The van der Waals surface area contributed by atoms with Gasteiger partial charge in [0.25, 0.3) is 0 Å². The molecule has 1 aromatic heterocycles. The van der Waals surface area contributed by atoms with Crippen molar-refractivity contribution in [1.82, 2.24) is 15.6 Å². The number of pyridine rings is 1. The fourth-order valence-corrected chi connectivity index (χ4v) is 2.30. The molecule has 0 radical (unpaired) electrons. The van der Waals surface area contributed by atoms with Crippen LogP contribution >= 0.6 is 24.0 Å². The smallest absolute Gasteiger partial charge is 0.191 e. The molecule has 2 aromatic rings. The van der Waals surface area contributed by atoms with Crippen LogP contribution in [-0.2, 0) is 13.1 Å². The summed E-state index contributed by atoms with van der Waals surface area (Å²) in [6, 6.07) is 13.9. The van der Waals surface area contributed by atoms with E-state index in [9.17, 15) is 0 Å². The second-order valence-electron chi connectivity index (χ2n) is 5.53. The predicted molar refractivity (Wildman–Crippen MR) is 118 cm³/mol. The molecule has 0 aliphatic heterocycles. The molecule has 0 saturated heterocycles. The van der Waals surface area contributed by atoms with Gasteiger partial charge in [-0.3, -0.25) is 4.98 Å². The number of aryl methyl sites for hydroxylation is 1. The Morgan fingerprint density at radius 3 is 2.73 bits per heavy atom. The number of aromatic nitrogens is 1. The van der Waals surface area contributed by atoms with Crippen molar-refractivity contribution in [3.63, 3.8) is 0 Å². The number of para-hydroxylation sites is 1. The van der Waals surface area contributed by atoms with Crippen molar-refractivity contribution in [2.24, 2.45) is 4.99 Å². The molecule has 2 rings (SSSR count). The van der Waals surface area contributed by atoms with Crippen molar-refractivity contribution < 1.29 is 4.74 Å². The lowest BCUT2D eigenvalue weighted by molar-refractivity contribution is 0.359. The van der Waals surface area contributed by atoms with Gasteiger partial charge in [-0.2, -0.15) is 0 Å². The summed E-state index contributed by atoms with van der Waals surface area (Å²) >= 11 is 0. The highest BCUT2D eigenvalue weighted by Gasteiger charge is 2.04. The third-order valence-corrected chi connectivity index (χ3v) is 3.46. The largest absolute Gasteiger partial charge is 0.489 e. The quantitative estimate of drug-likeness (QED) is 0.269. The molecule has 0 atom stereocenters. The molecule has 0 fully saturated rings. The van der Waals surface area contributed by atoms with Crippen LogP contribution in [0.3, 0.4) is 0 Å². The van der Waals surface area contributed by atoms with Gasteiger partial charge in [0.2, 0.25) is 0 Å². The van der Waals surface area contributed by atoms with Gasteiger partial charge in [-0.25, -0.2) is 4.99 Å². The summed E-state index contributed by atoms with van der Waals surface area (Å²) in [6.07, 6.45) is 1.74. The van der Waals surface area contributed by atoms with Crippen LogP contribution in [0.1, 0.15) is 23.9 Å². The zero-order valence-electron chi connectivity index (χ0n) is 15.4. The van der Waals surface area contributed by atoms with Crippen LogP contribution in [0.5, 0.6) is 5.75 Å². The maximum absolute atomic E-state index is 5.68. The van der Waals surface area contributed by atoms with Crippen LogP contribution in [-0.4, -0.2) is 24.1 Å². The van der Waals surface area contributed by atoms with E-state index < -0.39 is 0 Å². The van der Waals surface area contributed by atoms with E-state index in [1.807, 2.05) is 56.3 Å². The summed E-state index contributed by atoms with van der Waals surface area (Å²) in [5.41, 5.74) is 3.03. The number of guanidine groups is 1. The van der Waals surface area contributed by atoms with E-state index in [2.05, 4.69) is 27.2 Å². The molecule has 0 spiro atoms. The zero-order chi connectivity index (χ0) is 17.9. The van der Waals surface area contributed by atoms with Gasteiger partial charge in [0.05, 0.1) is 18.8 Å². The van der Waals surface area contributed by atoms with E-state index in [-0.39, 0.29) is 24.0 Å². The Morgan fingerprint density at radius 2 is 2.00 bits per heavy atom. The summed E-state index contributed by atoms with van der Waals surface area (Å²) in [5, 5.41) is 6.57. The molecule has 0 saturated carbocycles. The van der Waals surface area contributed by atoms with Crippen molar-refractivity contribution in [1.29, 1.82) is 0 Å². The third-order valence-electron chi connectivity index (χ3n) is 3.46. The van der Waals surface area contributed by atoms with Crippen molar-refractivity contribution in [2.75, 3.05) is 13.2 Å². The lowest BCUT2D eigenvalue weighted by atomic mass is 10.2. The first kappa shape index (κ1) is 22.0. The highest BCUT2D eigenvalue weighted by Crippen LogP contribution is 2.18. The Kier molecular flexibility index (Phi) is 10.4. The highest BCUT2D eigenvalue weighted by atomic mass is 127. The molecule has 6 heteroatoms. The average Bonchev–Trinajstić information content (AvgIpc) is 2.63. The molecule has 1 heterocycles. The fraction of sp³-hybridized carbons (Fsp3) is 0.300. The first-order valence-corrected chi connectivity index (χ1v) is 8.49. The molecule has 0 aliphatic carbocycles. The standard InChI is InChI=1S/C20H26N4O.HI/c1-4-13-25-19-12-7-6-10-17(19)14-22-20(21-5-2)23-15-18-11-8-9-16(3)24-18;/h4,6-12H,1,5,13-15H2,2-3H3,(H2,21,22,23);1H. The number of hydrogen-bond donors (Lipinski definition) is 2. The number of aliphatic imine (C=N–C) groups is 1. The second kappa shape index (κ2) is 12.3. The van der Waals surface area contributed by atoms with Gasteiger partial charge in [-0.1, -0.05) is 36.9 Å². The van der Waals surface area contributed by atoms with E-state index in [0.717, 1.165) is 35.2 Å². The van der Waals surface area contributed by atoms with Crippen LogP contribution in [0.4, 0.5) is 0 Å². The minimum atomic E-state index is 0. The lowest BCUT2D eigenvalue weighted by Crippen LogP contribution is -2.37. The number of nitrogens with zero attached hydrogens (tertiary/aromatic N) is 2. The van der Waals surface area contributed by atoms with Gasteiger partial charge in [0.15, 0.2) is 5.96 Å².